The molecule has 162 valence electrons. The van der Waals surface area contributed by atoms with Gasteiger partial charge in [0, 0.05) is 24.9 Å². The summed E-state index contributed by atoms with van der Waals surface area (Å²) in [6.07, 6.45) is -1.42. The lowest BCUT2D eigenvalue weighted by Gasteiger charge is -2.09. The number of benzene rings is 2. The number of nitrogens with one attached hydrogen (secondary N) is 2. The third-order valence-electron chi connectivity index (χ3n) is 4.82. The van der Waals surface area contributed by atoms with Crippen LogP contribution >= 0.6 is 0 Å². The molecule has 5 nitrogen and oxygen atoms in total. The molecule has 1 heterocycles. The fourth-order valence-electron chi connectivity index (χ4n) is 3.15. The van der Waals surface area contributed by atoms with E-state index in [0.717, 1.165) is 24.1 Å². The first-order chi connectivity index (χ1) is 14.7. The Labute approximate surface area is 178 Å². The molecule has 0 saturated carbocycles. The van der Waals surface area contributed by atoms with E-state index in [-0.39, 0.29) is 5.91 Å². The Hall–Kier alpha value is -3.42. The minimum absolute atomic E-state index is 0.226. The number of aromatic amines is 1. The molecule has 0 unspecified atom stereocenters. The number of fused-ring (bicyclic) bond motifs is 1. The van der Waals surface area contributed by atoms with Gasteiger partial charge in [-0.1, -0.05) is 25.1 Å². The topological polar surface area (TPSA) is 70.1 Å². The van der Waals surface area contributed by atoms with Crippen molar-refractivity contribution in [3.05, 3.63) is 71.1 Å². The van der Waals surface area contributed by atoms with Crippen LogP contribution in [0.3, 0.4) is 0 Å². The Morgan fingerprint density at radius 2 is 1.90 bits per heavy atom. The van der Waals surface area contributed by atoms with Crippen molar-refractivity contribution in [1.29, 1.82) is 0 Å². The number of carbonyl (C=O) groups excluding carboxylic acids is 1. The van der Waals surface area contributed by atoms with Gasteiger partial charge in [-0.15, -0.1) is 0 Å². The summed E-state index contributed by atoms with van der Waals surface area (Å²) < 4.78 is 38.6. The number of rotatable bonds is 6. The van der Waals surface area contributed by atoms with Crippen molar-refractivity contribution in [3.63, 3.8) is 0 Å². The third kappa shape index (κ3) is 5.39. The van der Waals surface area contributed by atoms with Crippen molar-refractivity contribution in [2.45, 2.75) is 32.9 Å². The largest absolute Gasteiger partial charge is 0.416 e. The zero-order valence-corrected chi connectivity index (χ0v) is 17.5. The Bertz CT molecular complexity index is 1140. The number of H-pyrrole nitrogens is 1. The van der Waals surface area contributed by atoms with Crippen molar-refractivity contribution < 1.29 is 18.0 Å². The van der Waals surface area contributed by atoms with Gasteiger partial charge in [0.2, 0.25) is 0 Å². The van der Waals surface area contributed by atoms with E-state index in [1.54, 1.807) is 26.1 Å². The first-order valence-electron chi connectivity index (χ1n) is 9.81. The second kappa shape index (κ2) is 9.16. The predicted molar refractivity (Wildman–Crippen MR) is 116 cm³/mol. The number of amides is 1. The predicted octanol–water partition coefficient (Wildman–Crippen LogP) is 5.54. The van der Waals surface area contributed by atoms with Gasteiger partial charge in [-0.25, -0.2) is 4.98 Å². The van der Waals surface area contributed by atoms with E-state index in [1.165, 1.54) is 6.07 Å². The van der Waals surface area contributed by atoms with Gasteiger partial charge in [0.1, 0.15) is 5.82 Å². The molecule has 31 heavy (non-hydrogen) atoms. The normalized spacial score (nSPS) is 13.0. The van der Waals surface area contributed by atoms with Crippen LogP contribution in [0.15, 0.2) is 59.1 Å². The number of anilines is 1. The standard InChI is InChI=1S/C23H23F3N4O/c1-4-5-18(14(2)27-3)22(31)28-17-9-6-15(7-10-17)12-21-29-19-11-8-16(23(24,25)26)13-20(19)30-21/h5-11,13H,4,12H2,1-3H3,(H,28,31)(H,29,30)/b18-5+,27-14?. The van der Waals surface area contributed by atoms with E-state index < -0.39 is 11.7 Å². The Balaban J connectivity index is 1.72. The van der Waals surface area contributed by atoms with Crippen LogP contribution in [0.1, 0.15) is 37.2 Å². The van der Waals surface area contributed by atoms with Crippen LogP contribution in [0.2, 0.25) is 0 Å². The Morgan fingerprint density at radius 3 is 2.52 bits per heavy atom. The van der Waals surface area contributed by atoms with Crippen molar-refractivity contribution in [1.82, 2.24) is 9.97 Å². The highest BCUT2D eigenvalue weighted by molar-refractivity contribution is 6.24. The highest BCUT2D eigenvalue weighted by atomic mass is 19.4. The molecule has 0 spiro atoms. The van der Waals surface area contributed by atoms with Crippen molar-refractivity contribution in [3.8, 4) is 0 Å². The summed E-state index contributed by atoms with van der Waals surface area (Å²) in [6.45, 7) is 3.74. The van der Waals surface area contributed by atoms with E-state index in [4.69, 9.17) is 0 Å². The highest BCUT2D eigenvalue weighted by Gasteiger charge is 2.30. The van der Waals surface area contributed by atoms with Crippen molar-refractivity contribution >= 4 is 28.3 Å². The summed E-state index contributed by atoms with van der Waals surface area (Å²) in [5.74, 6) is 0.338. The van der Waals surface area contributed by atoms with Gasteiger partial charge in [-0.05, 0) is 49.2 Å². The minimum Gasteiger partial charge on any atom is -0.342 e. The number of nitrogens with zero attached hydrogens (tertiary/aromatic N) is 2. The average Bonchev–Trinajstić information content (AvgIpc) is 3.13. The molecule has 1 amide bonds. The molecule has 8 heteroatoms. The summed E-state index contributed by atoms with van der Waals surface area (Å²) in [4.78, 5) is 23.9. The number of halogens is 3. The second-order valence-electron chi connectivity index (χ2n) is 7.08. The number of aliphatic imine (C=N–C) groups is 1. The molecule has 0 bridgehead atoms. The van der Waals surface area contributed by atoms with Gasteiger partial charge in [0.15, 0.2) is 0 Å². The fraction of sp³-hybridized carbons (Fsp3) is 0.261. The quantitative estimate of drug-likeness (QED) is 0.400. The van der Waals surface area contributed by atoms with E-state index in [9.17, 15) is 18.0 Å². The number of hydrogen-bond acceptors (Lipinski definition) is 3. The number of hydrogen-bond donors (Lipinski definition) is 2. The third-order valence-corrected chi connectivity index (χ3v) is 4.82. The summed E-state index contributed by atoms with van der Waals surface area (Å²) in [5, 5.41) is 2.86. The maximum atomic E-state index is 12.9. The second-order valence-corrected chi connectivity index (χ2v) is 7.08. The van der Waals surface area contributed by atoms with E-state index >= 15 is 0 Å². The van der Waals surface area contributed by atoms with Crippen LogP contribution in [0, 0.1) is 0 Å². The first-order valence-corrected chi connectivity index (χ1v) is 9.81. The number of aromatic nitrogens is 2. The minimum atomic E-state index is -4.40. The molecule has 0 aliphatic carbocycles. The number of imidazole rings is 1. The number of allylic oxidation sites excluding steroid dienone is 1. The first kappa shape index (κ1) is 22.3. The van der Waals surface area contributed by atoms with Crippen LogP contribution in [0.25, 0.3) is 11.0 Å². The molecule has 0 fully saturated rings. The molecule has 0 atom stereocenters. The van der Waals surface area contributed by atoms with Gasteiger partial charge in [-0.3, -0.25) is 9.79 Å². The van der Waals surface area contributed by atoms with Crippen LogP contribution < -0.4 is 5.32 Å². The van der Waals surface area contributed by atoms with Crippen LogP contribution in [-0.4, -0.2) is 28.6 Å². The molecule has 2 N–H and O–H groups in total. The molecule has 0 saturated heterocycles. The molecule has 0 radical (unpaired) electrons. The number of carbonyl (C=O) groups is 1. The van der Waals surface area contributed by atoms with E-state index in [2.05, 4.69) is 20.3 Å². The summed E-state index contributed by atoms with van der Waals surface area (Å²) in [7, 11) is 1.64. The molecule has 2 aromatic carbocycles. The monoisotopic (exact) mass is 428 g/mol. The Kier molecular flexibility index (Phi) is 6.58. The lowest BCUT2D eigenvalue weighted by atomic mass is 10.1. The lowest BCUT2D eigenvalue weighted by Crippen LogP contribution is -2.19. The highest BCUT2D eigenvalue weighted by Crippen LogP contribution is 2.31. The van der Waals surface area contributed by atoms with Gasteiger partial charge in [-0.2, -0.15) is 13.2 Å². The van der Waals surface area contributed by atoms with Crippen molar-refractivity contribution in [2.75, 3.05) is 12.4 Å². The summed E-state index contributed by atoms with van der Waals surface area (Å²) in [6, 6.07) is 10.7. The van der Waals surface area contributed by atoms with Crippen LogP contribution in [0.5, 0.6) is 0 Å². The maximum absolute atomic E-state index is 12.9. The molecular weight excluding hydrogens is 405 g/mol. The summed E-state index contributed by atoms with van der Waals surface area (Å²) in [5.41, 5.74) is 2.86. The SMILES string of the molecule is CC/C=C(/C(=O)Nc1ccc(Cc2nc3ccc(C(F)(F)F)cc3[nH]2)cc1)C(C)=NC. The van der Waals surface area contributed by atoms with Gasteiger partial charge in [0.25, 0.3) is 5.91 Å². The van der Waals surface area contributed by atoms with Crippen LogP contribution in [-0.2, 0) is 17.4 Å². The van der Waals surface area contributed by atoms with E-state index in [0.29, 0.717) is 40.3 Å². The lowest BCUT2D eigenvalue weighted by molar-refractivity contribution is -0.137. The zero-order chi connectivity index (χ0) is 22.6. The fourth-order valence-corrected chi connectivity index (χ4v) is 3.15. The molecule has 1 aromatic heterocycles. The average molecular weight is 428 g/mol. The molecule has 3 aromatic rings. The van der Waals surface area contributed by atoms with E-state index in [1.807, 2.05) is 25.1 Å². The van der Waals surface area contributed by atoms with Crippen molar-refractivity contribution in [2.24, 2.45) is 4.99 Å². The zero-order valence-electron chi connectivity index (χ0n) is 17.5. The van der Waals surface area contributed by atoms with Crippen LogP contribution in [0.4, 0.5) is 18.9 Å². The van der Waals surface area contributed by atoms with Gasteiger partial charge in [0.05, 0.1) is 22.2 Å². The summed E-state index contributed by atoms with van der Waals surface area (Å²) >= 11 is 0. The maximum Gasteiger partial charge on any atom is 0.416 e. The van der Waals surface area contributed by atoms with Gasteiger partial charge < -0.3 is 10.3 Å². The molecule has 0 aliphatic heterocycles. The molecule has 3 rings (SSSR count). The Morgan fingerprint density at radius 1 is 1.19 bits per heavy atom. The molecule has 0 aliphatic rings. The molecular formula is C23H23F3N4O. The smallest absolute Gasteiger partial charge is 0.342 e. The van der Waals surface area contributed by atoms with Gasteiger partial charge >= 0.3 is 6.18 Å². The number of alkyl halides is 3.